The summed E-state index contributed by atoms with van der Waals surface area (Å²) in [5.41, 5.74) is 0. The van der Waals surface area contributed by atoms with Crippen LogP contribution in [0.4, 0.5) is 4.39 Å². The summed E-state index contributed by atoms with van der Waals surface area (Å²) in [5, 5.41) is 0.565. The standard InChI is InChI=1S/C4H4FNS.C2H6/c1-3-6-2-4(5)7-3;1-2/h2H,1H3;1-2H3. The van der Waals surface area contributed by atoms with Crippen LogP contribution >= 0.6 is 11.3 Å². The lowest BCUT2D eigenvalue weighted by molar-refractivity contribution is 0.653. The molecule has 0 aliphatic rings. The Balaban J connectivity index is 0.000000291. The number of hydrogen-bond donors (Lipinski definition) is 0. The van der Waals surface area contributed by atoms with Gasteiger partial charge in [0, 0.05) is 0 Å². The summed E-state index contributed by atoms with van der Waals surface area (Å²) in [5.74, 6) is 0. The van der Waals surface area contributed by atoms with Crippen molar-refractivity contribution in [2.45, 2.75) is 20.8 Å². The zero-order chi connectivity index (χ0) is 7.28. The van der Waals surface area contributed by atoms with E-state index in [1.165, 1.54) is 6.20 Å². The first kappa shape index (κ1) is 8.56. The van der Waals surface area contributed by atoms with E-state index in [4.69, 9.17) is 0 Å². The van der Waals surface area contributed by atoms with Crippen molar-refractivity contribution in [3.63, 3.8) is 0 Å². The van der Waals surface area contributed by atoms with Crippen molar-refractivity contribution in [2.75, 3.05) is 0 Å². The molecule has 0 atom stereocenters. The van der Waals surface area contributed by atoms with Crippen LogP contribution in [0.2, 0.25) is 0 Å². The smallest absolute Gasteiger partial charge is 0.196 e. The average molecular weight is 147 g/mol. The van der Waals surface area contributed by atoms with Crippen molar-refractivity contribution >= 4 is 11.3 Å². The third-order valence-electron chi connectivity index (χ3n) is 0.593. The van der Waals surface area contributed by atoms with Crippen LogP contribution in [0.5, 0.6) is 0 Å². The molecule has 1 heterocycles. The summed E-state index contributed by atoms with van der Waals surface area (Å²) >= 11 is 1.06. The van der Waals surface area contributed by atoms with E-state index in [2.05, 4.69) is 4.98 Å². The van der Waals surface area contributed by atoms with Gasteiger partial charge in [-0.1, -0.05) is 25.2 Å². The molecule has 0 amide bonds. The maximum Gasteiger partial charge on any atom is 0.196 e. The lowest BCUT2D eigenvalue weighted by atomic mass is 10.8. The highest BCUT2D eigenvalue weighted by Crippen LogP contribution is 2.07. The Kier molecular flexibility index (Phi) is 4.22. The van der Waals surface area contributed by atoms with Crippen LogP contribution < -0.4 is 0 Å². The summed E-state index contributed by atoms with van der Waals surface area (Å²) in [7, 11) is 0. The molecule has 0 aliphatic heterocycles. The minimum absolute atomic E-state index is 0.211. The van der Waals surface area contributed by atoms with Crippen molar-refractivity contribution in [2.24, 2.45) is 0 Å². The molecule has 0 saturated carbocycles. The second kappa shape index (κ2) is 4.44. The Bertz CT molecular complexity index is 145. The lowest BCUT2D eigenvalue weighted by Crippen LogP contribution is -1.57. The van der Waals surface area contributed by atoms with Gasteiger partial charge in [-0.15, -0.1) is 0 Å². The van der Waals surface area contributed by atoms with Crippen LogP contribution in [0.3, 0.4) is 0 Å². The van der Waals surface area contributed by atoms with E-state index in [1.807, 2.05) is 13.8 Å². The van der Waals surface area contributed by atoms with Crippen molar-refractivity contribution in [3.8, 4) is 0 Å². The van der Waals surface area contributed by atoms with Crippen LogP contribution in [-0.4, -0.2) is 4.98 Å². The van der Waals surface area contributed by atoms with E-state index in [9.17, 15) is 4.39 Å². The Labute approximate surface area is 58.6 Å². The molecule has 3 heteroatoms. The van der Waals surface area contributed by atoms with Gasteiger partial charge in [0.1, 0.15) is 0 Å². The first-order valence-corrected chi connectivity index (χ1v) is 3.68. The van der Waals surface area contributed by atoms with Gasteiger partial charge < -0.3 is 0 Å². The fourth-order valence-corrected chi connectivity index (χ4v) is 0.828. The van der Waals surface area contributed by atoms with Crippen molar-refractivity contribution in [3.05, 3.63) is 16.3 Å². The van der Waals surface area contributed by atoms with Gasteiger partial charge in [0.05, 0.1) is 11.2 Å². The quantitative estimate of drug-likeness (QED) is 0.549. The van der Waals surface area contributed by atoms with Crippen LogP contribution in [0.1, 0.15) is 18.9 Å². The van der Waals surface area contributed by atoms with Crippen LogP contribution in [0, 0.1) is 12.1 Å². The summed E-state index contributed by atoms with van der Waals surface area (Å²) in [6, 6.07) is 0. The van der Waals surface area contributed by atoms with Gasteiger partial charge in [-0.25, -0.2) is 4.98 Å². The highest BCUT2D eigenvalue weighted by atomic mass is 32.1. The minimum atomic E-state index is -0.211. The first-order valence-electron chi connectivity index (χ1n) is 2.87. The van der Waals surface area contributed by atoms with Gasteiger partial charge in [-0.3, -0.25) is 0 Å². The number of hydrogen-bond acceptors (Lipinski definition) is 2. The molecule has 0 aliphatic carbocycles. The van der Waals surface area contributed by atoms with Crippen molar-refractivity contribution < 1.29 is 4.39 Å². The van der Waals surface area contributed by atoms with Crippen molar-refractivity contribution in [1.29, 1.82) is 0 Å². The van der Waals surface area contributed by atoms with Crippen LogP contribution in [0.15, 0.2) is 6.20 Å². The summed E-state index contributed by atoms with van der Waals surface area (Å²) in [4.78, 5) is 3.66. The van der Waals surface area contributed by atoms with Crippen LogP contribution in [0.25, 0.3) is 0 Å². The molecule has 0 aromatic carbocycles. The molecule has 0 saturated heterocycles. The SMILES string of the molecule is CC.Cc1ncc(F)s1. The second-order valence-electron chi connectivity index (χ2n) is 1.18. The van der Waals surface area contributed by atoms with Crippen molar-refractivity contribution in [1.82, 2.24) is 4.98 Å². The molecule has 52 valence electrons. The van der Waals surface area contributed by atoms with Gasteiger partial charge in [0.2, 0.25) is 0 Å². The average Bonchev–Trinajstić information content (AvgIpc) is 2.20. The molecule has 9 heavy (non-hydrogen) atoms. The lowest BCUT2D eigenvalue weighted by Gasteiger charge is -1.66. The molecule has 1 aromatic rings. The first-order chi connectivity index (χ1) is 4.29. The highest BCUT2D eigenvalue weighted by molar-refractivity contribution is 7.09. The number of nitrogens with zero attached hydrogens (tertiary/aromatic N) is 1. The zero-order valence-electron chi connectivity index (χ0n) is 5.81. The molecule has 0 spiro atoms. The molecular weight excluding hydrogens is 137 g/mol. The summed E-state index contributed by atoms with van der Waals surface area (Å²) in [6.07, 6.45) is 1.22. The number of rotatable bonds is 0. The number of halogens is 1. The molecule has 0 fully saturated rings. The normalized spacial score (nSPS) is 8.00. The van der Waals surface area contributed by atoms with E-state index >= 15 is 0 Å². The molecule has 0 N–H and O–H groups in total. The van der Waals surface area contributed by atoms with E-state index in [0.29, 0.717) is 0 Å². The maximum atomic E-state index is 11.9. The Morgan fingerprint density at radius 1 is 1.56 bits per heavy atom. The van der Waals surface area contributed by atoms with E-state index in [0.717, 1.165) is 16.3 Å². The molecule has 1 nitrogen and oxygen atoms in total. The largest absolute Gasteiger partial charge is 0.247 e. The molecule has 1 aromatic heterocycles. The molecule has 0 unspecified atom stereocenters. The number of aromatic nitrogens is 1. The number of aryl methyl sites for hydroxylation is 1. The Hall–Kier alpha value is -0.440. The summed E-state index contributed by atoms with van der Waals surface area (Å²) in [6.45, 7) is 5.77. The third-order valence-corrected chi connectivity index (χ3v) is 1.29. The summed E-state index contributed by atoms with van der Waals surface area (Å²) < 4.78 is 11.9. The van der Waals surface area contributed by atoms with Crippen LogP contribution in [-0.2, 0) is 0 Å². The predicted octanol–water partition coefficient (Wildman–Crippen LogP) is 2.62. The third kappa shape index (κ3) is 3.19. The molecule has 0 bridgehead atoms. The maximum absolute atomic E-state index is 11.9. The van der Waals surface area contributed by atoms with Gasteiger partial charge in [-0.2, -0.15) is 4.39 Å². The topological polar surface area (TPSA) is 12.9 Å². The van der Waals surface area contributed by atoms with Gasteiger partial charge >= 0.3 is 0 Å². The predicted molar refractivity (Wildman–Crippen MR) is 38.2 cm³/mol. The fraction of sp³-hybridized carbons (Fsp3) is 0.500. The van der Waals surface area contributed by atoms with Gasteiger partial charge in [0.15, 0.2) is 5.13 Å². The van der Waals surface area contributed by atoms with E-state index in [-0.39, 0.29) is 5.13 Å². The Morgan fingerprint density at radius 2 is 2.11 bits per heavy atom. The van der Waals surface area contributed by atoms with Gasteiger partial charge in [0.25, 0.3) is 0 Å². The van der Waals surface area contributed by atoms with E-state index < -0.39 is 0 Å². The monoisotopic (exact) mass is 147 g/mol. The highest BCUT2D eigenvalue weighted by Gasteiger charge is 1.90. The van der Waals surface area contributed by atoms with E-state index in [1.54, 1.807) is 6.92 Å². The molecule has 0 radical (unpaired) electrons. The Morgan fingerprint density at radius 3 is 2.22 bits per heavy atom. The molecule has 1 rings (SSSR count). The van der Waals surface area contributed by atoms with Gasteiger partial charge in [-0.05, 0) is 6.92 Å². The number of thiazole rings is 1. The fourth-order valence-electron chi connectivity index (χ4n) is 0.335. The minimum Gasteiger partial charge on any atom is -0.247 e. The molecular formula is C6H10FNS. The second-order valence-corrected chi connectivity index (χ2v) is 2.37. The zero-order valence-corrected chi connectivity index (χ0v) is 6.63.